The van der Waals surface area contributed by atoms with Gasteiger partial charge < -0.3 is 9.84 Å². The maximum Gasteiger partial charge on any atom is 0.411 e. The predicted molar refractivity (Wildman–Crippen MR) is 87.6 cm³/mol. The van der Waals surface area contributed by atoms with Gasteiger partial charge in [0.1, 0.15) is 12.1 Å². The van der Waals surface area contributed by atoms with Crippen LogP contribution in [0.25, 0.3) is 0 Å². The Hall–Kier alpha value is -1.60. The van der Waals surface area contributed by atoms with E-state index in [2.05, 4.69) is 0 Å². The van der Waals surface area contributed by atoms with E-state index in [-0.39, 0.29) is 13.2 Å². The molecule has 7 heteroatoms. The number of carbonyl (C=O) groups excluding carboxylic acids is 2. The van der Waals surface area contributed by atoms with Crippen LogP contribution in [0.3, 0.4) is 0 Å². The normalized spacial score (nSPS) is 13.5. The van der Waals surface area contributed by atoms with Crippen LogP contribution in [0.4, 0.5) is 4.79 Å². The fourth-order valence-corrected chi connectivity index (χ4v) is 2.02. The lowest BCUT2D eigenvalue weighted by atomic mass is 10.0. The number of likely N-dealkylation sites (N-methyl/N-ethyl adjacent to an activating group) is 1. The standard InChI is InChI=1S/C16H30N2O5/c1-8-12(9-2)13(11-19)18(10-14(20)17(6)22-7)15(21)23-16(3,4)5/h8,13,19H,9-11H2,1-7H3/t13-/m1/s1. The smallest absolute Gasteiger partial charge is 0.411 e. The Bertz CT molecular complexity index is 429. The van der Waals surface area contributed by atoms with Crippen molar-refractivity contribution in [3.8, 4) is 0 Å². The first-order valence-electron chi connectivity index (χ1n) is 7.67. The molecular weight excluding hydrogens is 300 g/mol. The number of aliphatic hydroxyl groups is 1. The average molecular weight is 330 g/mol. The number of nitrogens with zero attached hydrogens (tertiary/aromatic N) is 2. The highest BCUT2D eigenvalue weighted by molar-refractivity contribution is 5.82. The number of allylic oxidation sites excluding steroid dienone is 1. The Morgan fingerprint density at radius 1 is 1.30 bits per heavy atom. The Balaban J connectivity index is 5.51. The Labute approximate surface area is 138 Å². The molecule has 0 heterocycles. The number of ether oxygens (including phenoxy) is 1. The summed E-state index contributed by atoms with van der Waals surface area (Å²) >= 11 is 0. The van der Waals surface area contributed by atoms with E-state index < -0.39 is 23.6 Å². The van der Waals surface area contributed by atoms with Crippen molar-refractivity contribution in [2.75, 3.05) is 27.3 Å². The zero-order chi connectivity index (χ0) is 18.2. The van der Waals surface area contributed by atoms with Crippen LogP contribution in [0.2, 0.25) is 0 Å². The van der Waals surface area contributed by atoms with E-state index in [1.807, 2.05) is 19.9 Å². The monoisotopic (exact) mass is 330 g/mol. The molecule has 0 bridgehead atoms. The minimum atomic E-state index is -0.701. The van der Waals surface area contributed by atoms with Crippen LogP contribution in [-0.4, -0.2) is 66.0 Å². The van der Waals surface area contributed by atoms with E-state index >= 15 is 0 Å². The van der Waals surface area contributed by atoms with Crippen LogP contribution in [-0.2, 0) is 14.4 Å². The van der Waals surface area contributed by atoms with Gasteiger partial charge >= 0.3 is 6.09 Å². The zero-order valence-corrected chi connectivity index (χ0v) is 15.3. The molecule has 0 aliphatic carbocycles. The van der Waals surface area contributed by atoms with Crippen LogP contribution in [0.1, 0.15) is 41.0 Å². The minimum Gasteiger partial charge on any atom is -0.444 e. The molecule has 0 aromatic carbocycles. The lowest BCUT2D eigenvalue weighted by molar-refractivity contribution is -0.170. The zero-order valence-electron chi connectivity index (χ0n) is 15.3. The van der Waals surface area contributed by atoms with Crippen molar-refractivity contribution < 1.29 is 24.3 Å². The molecular formula is C16H30N2O5. The van der Waals surface area contributed by atoms with Crippen molar-refractivity contribution in [3.63, 3.8) is 0 Å². The van der Waals surface area contributed by atoms with Gasteiger partial charge in [0, 0.05) is 7.05 Å². The van der Waals surface area contributed by atoms with Gasteiger partial charge in [0.05, 0.1) is 19.8 Å². The summed E-state index contributed by atoms with van der Waals surface area (Å²) in [5, 5.41) is 10.8. The Morgan fingerprint density at radius 2 is 1.87 bits per heavy atom. The summed E-state index contributed by atoms with van der Waals surface area (Å²) < 4.78 is 5.37. The van der Waals surface area contributed by atoms with E-state index in [0.29, 0.717) is 6.42 Å². The van der Waals surface area contributed by atoms with Gasteiger partial charge in [-0.2, -0.15) is 0 Å². The SMILES string of the molecule is CC=C(CC)[C@@H](CO)N(CC(=O)N(C)OC)C(=O)OC(C)(C)C. The van der Waals surface area contributed by atoms with Gasteiger partial charge in [0.2, 0.25) is 0 Å². The lowest BCUT2D eigenvalue weighted by Gasteiger charge is -2.34. The second kappa shape index (κ2) is 9.52. The molecule has 0 unspecified atom stereocenters. The fraction of sp³-hybridized carbons (Fsp3) is 0.750. The molecule has 134 valence electrons. The van der Waals surface area contributed by atoms with E-state index in [0.717, 1.165) is 10.6 Å². The number of rotatable bonds is 7. The topological polar surface area (TPSA) is 79.3 Å². The van der Waals surface area contributed by atoms with Gasteiger partial charge in [-0.15, -0.1) is 0 Å². The number of hydroxylamine groups is 2. The predicted octanol–water partition coefficient (Wildman–Crippen LogP) is 1.96. The average Bonchev–Trinajstić information content (AvgIpc) is 2.47. The molecule has 0 saturated heterocycles. The van der Waals surface area contributed by atoms with Crippen LogP contribution >= 0.6 is 0 Å². The van der Waals surface area contributed by atoms with Crippen LogP contribution in [0, 0.1) is 0 Å². The number of hydrogen-bond donors (Lipinski definition) is 1. The van der Waals surface area contributed by atoms with Crippen LogP contribution < -0.4 is 0 Å². The highest BCUT2D eigenvalue weighted by Crippen LogP contribution is 2.18. The van der Waals surface area contributed by atoms with Gasteiger partial charge in [-0.3, -0.25) is 14.5 Å². The molecule has 0 fully saturated rings. The minimum absolute atomic E-state index is 0.248. The molecule has 0 aliphatic heterocycles. The maximum absolute atomic E-state index is 12.5. The molecule has 1 atom stereocenters. The summed E-state index contributed by atoms with van der Waals surface area (Å²) in [5.74, 6) is -0.414. The Morgan fingerprint density at radius 3 is 2.22 bits per heavy atom. The fourth-order valence-electron chi connectivity index (χ4n) is 2.02. The van der Waals surface area contributed by atoms with Crippen molar-refractivity contribution >= 4 is 12.0 Å². The summed E-state index contributed by atoms with van der Waals surface area (Å²) in [7, 11) is 2.82. The Kier molecular flexibility index (Phi) is 8.86. The first-order chi connectivity index (χ1) is 10.6. The summed E-state index contributed by atoms with van der Waals surface area (Å²) in [6, 6.07) is -0.617. The third kappa shape index (κ3) is 7.00. The van der Waals surface area contributed by atoms with Crippen LogP contribution in [0.5, 0.6) is 0 Å². The highest BCUT2D eigenvalue weighted by Gasteiger charge is 2.32. The second-order valence-corrected chi connectivity index (χ2v) is 6.10. The number of amides is 2. The molecule has 0 radical (unpaired) electrons. The molecule has 0 saturated carbocycles. The summed E-state index contributed by atoms with van der Waals surface area (Å²) in [6.07, 6.45) is 1.83. The largest absolute Gasteiger partial charge is 0.444 e. The summed E-state index contributed by atoms with van der Waals surface area (Å²) in [4.78, 5) is 30.7. The third-order valence-corrected chi connectivity index (χ3v) is 3.31. The quantitative estimate of drug-likeness (QED) is 0.570. The van der Waals surface area contributed by atoms with E-state index in [4.69, 9.17) is 9.57 Å². The third-order valence-electron chi connectivity index (χ3n) is 3.31. The second-order valence-electron chi connectivity index (χ2n) is 6.10. The molecule has 0 aromatic rings. The number of hydrogen-bond acceptors (Lipinski definition) is 5. The van der Waals surface area contributed by atoms with Gasteiger partial charge in [-0.25, -0.2) is 9.86 Å². The molecule has 0 aliphatic rings. The first-order valence-corrected chi connectivity index (χ1v) is 7.67. The van der Waals surface area contributed by atoms with Crippen molar-refractivity contribution in [2.24, 2.45) is 0 Å². The molecule has 1 N–H and O–H groups in total. The number of carbonyl (C=O) groups is 2. The van der Waals surface area contributed by atoms with Gasteiger partial charge in [0.15, 0.2) is 0 Å². The lowest BCUT2D eigenvalue weighted by Crippen LogP contribution is -2.50. The van der Waals surface area contributed by atoms with Gasteiger partial charge in [-0.1, -0.05) is 13.0 Å². The molecule has 7 nitrogen and oxygen atoms in total. The van der Waals surface area contributed by atoms with Gasteiger partial charge in [-0.05, 0) is 39.7 Å². The maximum atomic E-state index is 12.5. The summed E-state index contributed by atoms with van der Waals surface area (Å²) in [5.41, 5.74) is 0.152. The van der Waals surface area contributed by atoms with Crippen LogP contribution in [0.15, 0.2) is 11.6 Å². The van der Waals surface area contributed by atoms with Crippen molar-refractivity contribution in [1.82, 2.24) is 9.96 Å². The molecule has 2 amide bonds. The first kappa shape index (κ1) is 21.4. The van der Waals surface area contributed by atoms with Gasteiger partial charge in [0.25, 0.3) is 5.91 Å². The molecule has 0 rings (SSSR count). The van der Waals surface area contributed by atoms with E-state index in [1.165, 1.54) is 19.1 Å². The van der Waals surface area contributed by atoms with E-state index in [1.54, 1.807) is 20.8 Å². The van der Waals surface area contributed by atoms with Crippen molar-refractivity contribution in [1.29, 1.82) is 0 Å². The van der Waals surface area contributed by atoms with E-state index in [9.17, 15) is 14.7 Å². The molecule has 23 heavy (non-hydrogen) atoms. The molecule has 0 spiro atoms. The van der Waals surface area contributed by atoms with Crippen molar-refractivity contribution in [2.45, 2.75) is 52.7 Å². The number of aliphatic hydroxyl groups excluding tert-OH is 1. The summed E-state index contributed by atoms with van der Waals surface area (Å²) in [6.45, 7) is 8.45. The highest BCUT2D eigenvalue weighted by atomic mass is 16.7. The molecule has 0 aromatic heterocycles. The van der Waals surface area contributed by atoms with Crippen molar-refractivity contribution in [3.05, 3.63) is 11.6 Å².